The molecule has 4 fully saturated rings. The average Bonchev–Trinajstić information content (AvgIpc) is 2.85. The summed E-state index contributed by atoms with van der Waals surface area (Å²) in [5.74, 6) is -0.604. The van der Waals surface area contributed by atoms with Crippen LogP contribution < -0.4 is 0 Å². The molecule has 214 valence electrons. The molecule has 0 aliphatic heterocycles. The zero-order chi connectivity index (χ0) is 28.1. The molecule has 0 aromatic heterocycles. The predicted molar refractivity (Wildman–Crippen MR) is 145 cm³/mol. The fourth-order valence-corrected chi connectivity index (χ4v) is 11.1. The summed E-state index contributed by atoms with van der Waals surface area (Å²) in [6.07, 6.45) is 8.75. The number of carbonyl (C=O) groups is 2. The zero-order valence-electron chi connectivity index (χ0n) is 24.9. The maximum atomic E-state index is 13.3. The first-order chi connectivity index (χ1) is 17.6. The molecule has 0 aromatic carbocycles. The highest BCUT2D eigenvalue weighted by Gasteiger charge is 2.72. The van der Waals surface area contributed by atoms with Crippen LogP contribution in [0.5, 0.6) is 0 Å². The van der Waals surface area contributed by atoms with Crippen LogP contribution in [0.2, 0.25) is 0 Å². The van der Waals surface area contributed by atoms with E-state index in [4.69, 9.17) is 9.47 Å². The van der Waals surface area contributed by atoms with Gasteiger partial charge in [0.25, 0.3) is 0 Å². The van der Waals surface area contributed by atoms with E-state index in [1.54, 1.807) is 7.11 Å². The Kier molecular flexibility index (Phi) is 6.33. The van der Waals surface area contributed by atoms with E-state index in [9.17, 15) is 19.8 Å². The Morgan fingerprint density at radius 2 is 1.58 bits per heavy atom. The van der Waals surface area contributed by atoms with Crippen LogP contribution in [0.15, 0.2) is 11.6 Å². The lowest BCUT2D eigenvalue weighted by atomic mass is 9.33. The SMILES string of the molecule is COC(=O)[C@@]1(C)[C@@H]2CC[C@]3(C)[C@H](CC=C4[C@@H]5CC(C)(C)CC[C@]5(C(=O)O)CC[C@]43C)[C@@]2(C)C[C@H](OC)[C@@H]1O. The molecular weight excluding hydrogens is 480 g/mol. The van der Waals surface area contributed by atoms with Crippen molar-refractivity contribution in [1.82, 2.24) is 0 Å². The number of methoxy groups -OCH3 is 2. The quantitative estimate of drug-likeness (QED) is 0.343. The Labute approximate surface area is 228 Å². The van der Waals surface area contributed by atoms with Gasteiger partial charge in [-0.05, 0) is 104 Å². The molecule has 0 radical (unpaired) electrons. The van der Waals surface area contributed by atoms with Crippen LogP contribution >= 0.6 is 0 Å². The number of carboxylic acids is 1. The maximum absolute atomic E-state index is 13.3. The molecule has 4 saturated carbocycles. The molecule has 0 aromatic rings. The molecule has 0 saturated heterocycles. The Hall–Kier alpha value is -1.40. The number of esters is 1. The van der Waals surface area contributed by atoms with E-state index in [1.807, 2.05) is 6.92 Å². The smallest absolute Gasteiger partial charge is 0.314 e. The highest BCUT2D eigenvalue weighted by Crippen LogP contribution is 2.76. The van der Waals surface area contributed by atoms with E-state index in [0.717, 1.165) is 51.4 Å². The van der Waals surface area contributed by atoms with Crippen molar-refractivity contribution >= 4 is 11.9 Å². The minimum atomic E-state index is -1.03. The molecule has 0 unspecified atom stereocenters. The third-order valence-corrected chi connectivity index (χ3v) is 13.6. The molecule has 5 aliphatic rings. The first-order valence-corrected chi connectivity index (χ1v) is 14.8. The summed E-state index contributed by atoms with van der Waals surface area (Å²) in [5.41, 5.74) is -0.508. The second kappa shape index (κ2) is 8.55. The lowest BCUT2D eigenvalue weighted by molar-refractivity contribution is -0.244. The van der Waals surface area contributed by atoms with Gasteiger partial charge in [0.2, 0.25) is 0 Å². The van der Waals surface area contributed by atoms with Gasteiger partial charge >= 0.3 is 11.9 Å². The van der Waals surface area contributed by atoms with Crippen LogP contribution in [0, 0.1) is 50.2 Å². The minimum Gasteiger partial charge on any atom is -0.481 e. The maximum Gasteiger partial charge on any atom is 0.314 e. The number of carboxylic acid groups (broad SMARTS) is 1. The zero-order valence-corrected chi connectivity index (χ0v) is 24.9. The van der Waals surface area contributed by atoms with Crippen LogP contribution in [-0.4, -0.2) is 48.6 Å². The summed E-state index contributed by atoms with van der Waals surface area (Å²) in [4.78, 5) is 26.2. The highest BCUT2D eigenvalue weighted by molar-refractivity contribution is 5.78. The number of aliphatic hydroxyl groups is 1. The van der Waals surface area contributed by atoms with Crippen molar-refractivity contribution in [2.75, 3.05) is 14.2 Å². The number of fused-ring (bicyclic) bond motifs is 7. The van der Waals surface area contributed by atoms with Crippen molar-refractivity contribution in [2.24, 2.45) is 50.2 Å². The number of hydrogen-bond donors (Lipinski definition) is 2. The number of aliphatic carboxylic acids is 1. The van der Waals surface area contributed by atoms with E-state index in [1.165, 1.54) is 12.7 Å². The summed E-state index contributed by atoms with van der Waals surface area (Å²) in [6, 6.07) is 0. The third-order valence-electron chi connectivity index (χ3n) is 13.6. The molecule has 0 spiro atoms. The molecule has 0 amide bonds. The first kappa shape index (κ1) is 28.1. The number of allylic oxidation sites excluding steroid dienone is 2. The normalized spacial score (nSPS) is 51.4. The van der Waals surface area contributed by atoms with Crippen molar-refractivity contribution < 1.29 is 29.3 Å². The Bertz CT molecular complexity index is 1050. The Balaban J connectivity index is 1.62. The predicted octanol–water partition coefficient (Wildman–Crippen LogP) is 6.01. The van der Waals surface area contributed by atoms with Gasteiger partial charge in [0.05, 0.1) is 30.1 Å². The van der Waals surface area contributed by atoms with Gasteiger partial charge in [-0.15, -0.1) is 0 Å². The largest absolute Gasteiger partial charge is 0.481 e. The van der Waals surface area contributed by atoms with Crippen LogP contribution in [0.25, 0.3) is 0 Å². The summed E-state index contributed by atoms with van der Waals surface area (Å²) in [5, 5.41) is 22.0. The number of ether oxygens (including phenoxy) is 2. The van der Waals surface area contributed by atoms with Gasteiger partial charge in [0, 0.05) is 7.11 Å². The fourth-order valence-electron chi connectivity index (χ4n) is 11.1. The van der Waals surface area contributed by atoms with E-state index >= 15 is 0 Å². The molecule has 38 heavy (non-hydrogen) atoms. The van der Waals surface area contributed by atoms with Crippen LogP contribution in [0.4, 0.5) is 0 Å². The van der Waals surface area contributed by atoms with Crippen molar-refractivity contribution in [3.05, 3.63) is 11.6 Å². The van der Waals surface area contributed by atoms with Gasteiger partial charge in [-0.3, -0.25) is 9.59 Å². The lowest BCUT2D eigenvalue weighted by Crippen LogP contribution is -2.69. The van der Waals surface area contributed by atoms with Crippen LogP contribution in [0.1, 0.15) is 99.3 Å². The standard InChI is InChI=1S/C32H50O6/c1-27(2)13-15-32(25(34)35)16-14-29(4)19(20(32)17-27)9-10-22-28(3)18-21(37-7)24(33)31(6,26(36)38-8)23(28)11-12-30(22,29)5/h9,20-24,33H,10-18H2,1-8H3,(H,34,35)/t20-,21-,22+,23+,24-,28+,29+,30+,31-,32-/m0/s1. The molecule has 6 nitrogen and oxygen atoms in total. The second-order valence-corrected chi connectivity index (χ2v) is 15.4. The number of rotatable bonds is 3. The van der Waals surface area contributed by atoms with E-state index in [0.29, 0.717) is 12.3 Å². The molecule has 6 heteroatoms. The van der Waals surface area contributed by atoms with Crippen molar-refractivity contribution in [1.29, 1.82) is 0 Å². The third kappa shape index (κ3) is 3.31. The first-order valence-electron chi connectivity index (χ1n) is 14.8. The lowest BCUT2D eigenvalue weighted by Gasteiger charge is -2.71. The van der Waals surface area contributed by atoms with Crippen molar-refractivity contribution in [2.45, 2.75) is 112 Å². The summed E-state index contributed by atoms with van der Waals surface area (Å²) in [6.45, 7) is 13.7. The van der Waals surface area contributed by atoms with Gasteiger partial charge in [0.15, 0.2) is 0 Å². The average molecular weight is 531 g/mol. The van der Waals surface area contributed by atoms with Gasteiger partial charge in [-0.1, -0.05) is 46.3 Å². The van der Waals surface area contributed by atoms with Gasteiger partial charge < -0.3 is 19.7 Å². The number of aliphatic hydroxyl groups excluding tert-OH is 1. The van der Waals surface area contributed by atoms with Crippen molar-refractivity contribution in [3.63, 3.8) is 0 Å². The second-order valence-electron chi connectivity index (χ2n) is 15.4. The van der Waals surface area contributed by atoms with Crippen LogP contribution in [0.3, 0.4) is 0 Å². The minimum absolute atomic E-state index is 0.0178. The van der Waals surface area contributed by atoms with Crippen LogP contribution in [-0.2, 0) is 19.1 Å². The molecule has 5 aliphatic carbocycles. The summed E-state index contributed by atoms with van der Waals surface area (Å²) in [7, 11) is 3.05. The van der Waals surface area contributed by atoms with E-state index in [2.05, 4.69) is 40.7 Å². The van der Waals surface area contributed by atoms with Gasteiger partial charge in [-0.2, -0.15) is 0 Å². The molecule has 0 bridgehead atoms. The number of hydrogen-bond acceptors (Lipinski definition) is 5. The fraction of sp³-hybridized carbons (Fsp3) is 0.875. The van der Waals surface area contributed by atoms with Crippen molar-refractivity contribution in [3.8, 4) is 0 Å². The topological polar surface area (TPSA) is 93.1 Å². The van der Waals surface area contributed by atoms with Gasteiger partial charge in [0.1, 0.15) is 0 Å². The Morgan fingerprint density at radius 3 is 2.18 bits per heavy atom. The molecule has 2 N–H and O–H groups in total. The molecule has 0 heterocycles. The molecular formula is C32H50O6. The highest BCUT2D eigenvalue weighted by atomic mass is 16.5. The van der Waals surface area contributed by atoms with E-state index < -0.39 is 29.0 Å². The molecule has 10 atom stereocenters. The Morgan fingerprint density at radius 1 is 0.921 bits per heavy atom. The van der Waals surface area contributed by atoms with E-state index in [-0.39, 0.29) is 39.5 Å². The number of carbonyl (C=O) groups excluding carboxylic acids is 1. The summed E-state index contributed by atoms with van der Waals surface area (Å²) >= 11 is 0. The summed E-state index contributed by atoms with van der Waals surface area (Å²) < 4.78 is 11.2. The monoisotopic (exact) mass is 530 g/mol. The molecule has 5 rings (SSSR count). The van der Waals surface area contributed by atoms with Gasteiger partial charge in [-0.25, -0.2) is 0 Å².